The van der Waals surface area contributed by atoms with Gasteiger partial charge in [0.25, 0.3) is 60.7 Å². The van der Waals surface area contributed by atoms with Crippen molar-refractivity contribution in [3.05, 3.63) is 108 Å². The van der Waals surface area contributed by atoms with Gasteiger partial charge in [-0.05, 0) is 105 Å². The third-order valence-corrected chi connectivity index (χ3v) is 20.1. The van der Waals surface area contributed by atoms with E-state index in [-0.39, 0.29) is 111 Å². The summed E-state index contributed by atoms with van der Waals surface area (Å²) in [5, 5.41) is 9.03. The van der Waals surface area contributed by atoms with E-state index in [0.29, 0.717) is 80.5 Å². The molecule has 2 heterocycles. The molecule has 6 rings (SSSR count). The van der Waals surface area contributed by atoms with Crippen molar-refractivity contribution in [2.24, 2.45) is 0 Å². The van der Waals surface area contributed by atoms with Crippen LogP contribution in [-0.2, 0) is 100 Å². The van der Waals surface area contributed by atoms with Crippen LogP contribution in [0.3, 0.4) is 0 Å². The topological polar surface area (TPSA) is 416 Å². The van der Waals surface area contributed by atoms with Gasteiger partial charge in [0, 0.05) is 78.4 Å². The Hall–Kier alpha value is -5.44. The standard InChI is InChI=1S/C56H72N2O25S6/c1-55(21-12-34-84(61,62)63)50(58(24-13-35-85(64,65)66)46-19-17-42-44(53(46)55)36-40(86(67,68)69)38-48(42)88(73,74)75)14-8-5-4-6-9-15-51-56(2,22-25-80-28-29-82-32-33-83-31-30-81-27-26-79-3)54-45-37-41(87(70,71)72)39-49(89(76,77)78)43(45)18-20-47(54)57(51)23-11-7-10-16-52(59)60/h4-6,8-9,14-15,17-20,36-39H,7,10-13,16,21-35H2,1-3H3,(H6-,59,60,61,62,63,64,65,66,67,68,69,70,71,72,73,74,75,76,77,78)/p+1. The summed E-state index contributed by atoms with van der Waals surface area (Å²) in [5.74, 6) is -2.48. The van der Waals surface area contributed by atoms with E-state index >= 15 is 0 Å². The first kappa shape index (κ1) is 72.6. The molecule has 27 nitrogen and oxygen atoms in total. The maximum atomic E-state index is 12.9. The number of unbranched alkanes of at least 4 members (excludes halogenated alkanes) is 2. The normalized spacial score (nSPS) is 18.3. The van der Waals surface area contributed by atoms with Crippen LogP contribution in [0.15, 0.2) is 116 Å². The molecule has 0 aromatic heterocycles. The number of ether oxygens (including phenoxy) is 5. The zero-order chi connectivity index (χ0) is 65.8. The molecule has 0 spiro atoms. The summed E-state index contributed by atoms with van der Waals surface area (Å²) < 4.78 is 240. The SMILES string of the molecule is COCCOCCOCCOCCOCCC1(C)\C(=C/C=C/C=C/C=C/C2=[N+](CCCS(=O)(=O)O)c3ccc4c(S(=O)(=O)O)cc(S(=O)(=O)O)cc4c3C2(C)CCCS(=O)(=O)O)N(CCCCCC(=O)O)c2ccc3c(S(=O)(=O)O)cc(S(=O)(=O)O)cc3c21. The lowest BCUT2D eigenvalue weighted by Crippen LogP contribution is -2.32. The molecule has 0 saturated carbocycles. The Kier molecular flexibility index (Phi) is 24.7. The zero-order valence-electron chi connectivity index (χ0n) is 48.8. The molecular formula is C56H73N2O25S6+. The second-order valence-corrected chi connectivity index (χ2v) is 30.1. The van der Waals surface area contributed by atoms with Crippen molar-refractivity contribution in [2.45, 2.75) is 95.6 Å². The Labute approximate surface area is 517 Å². The van der Waals surface area contributed by atoms with Crippen molar-refractivity contribution >= 4 is 105 Å². The number of carboxylic acids is 1. The fourth-order valence-electron chi connectivity index (χ4n) is 11.1. The Bertz CT molecular complexity index is 4150. The number of methoxy groups -OCH3 is 1. The molecule has 0 saturated heterocycles. The molecule has 2 aliphatic rings. The zero-order valence-corrected chi connectivity index (χ0v) is 53.7. The first-order chi connectivity index (χ1) is 41.5. The van der Waals surface area contributed by atoms with Crippen molar-refractivity contribution in [1.29, 1.82) is 0 Å². The highest BCUT2D eigenvalue weighted by atomic mass is 32.2. The maximum Gasteiger partial charge on any atom is 0.303 e. The Morgan fingerprint density at radius 2 is 1.02 bits per heavy atom. The average Bonchev–Trinajstić information content (AvgIpc) is 1.62. The molecule has 0 fully saturated rings. The third kappa shape index (κ3) is 19.3. The van der Waals surface area contributed by atoms with Gasteiger partial charge in [-0.2, -0.15) is 55.1 Å². The quantitative estimate of drug-likeness (QED) is 0.0112. The summed E-state index contributed by atoms with van der Waals surface area (Å²) in [6, 6.07) is 8.98. The summed E-state index contributed by atoms with van der Waals surface area (Å²) in [5.41, 5.74) is -0.435. The van der Waals surface area contributed by atoms with Gasteiger partial charge in [-0.25, -0.2) is 0 Å². The number of rotatable bonds is 37. The molecule has 4 aromatic rings. The fraction of sp³-hybridized carbons (Fsp3) is 0.464. The van der Waals surface area contributed by atoms with Crippen LogP contribution < -0.4 is 4.90 Å². The van der Waals surface area contributed by atoms with Crippen LogP contribution >= 0.6 is 0 Å². The summed E-state index contributed by atoms with van der Waals surface area (Å²) in [4.78, 5) is 9.94. The van der Waals surface area contributed by atoms with Crippen LogP contribution in [0.1, 0.15) is 76.3 Å². The summed E-state index contributed by atoms with van der Waals surface area (Å²) >= 11 is 0. The molecule has 89 heavy (non-hydrogen) atoms. The summed E-state index contributed by atoms with van der Waals surface area (Å²) in [6.45, 7) is 6.02. The van der Waals surface area contributed by atoms with E-state index in [0.717, 1.165) is 12.1 Å². The number of aliphatic carboxylic acids is 1. The van der Waals surface area contributed by atoms with Gasteiger partial charge < -0.3 is 33.7 Å². The van der Waals surface area contributed by atoms with Crippen LogP contribution in [0, 0.1) is 0 Å². The highest BCUT2D eigenvalue weighted by molar-refractivity contribution is 7.87. The van der Waals surface area contributed by atoms with Gasteiger partial charge in [-0.15, -0.1) is 0 Å². The molecule has 2 unspecified atom stereocenters. The predicted molar refractivity (Wildman–Crippen MR) is 327 cm³/mol. The molecule has 7 N–H and O–H groups in total. The van der Waals surface area contributed by atoms with E-state index < -0.39 is 109 Å². The molecule has 33 heteroatoms. The van der Waals surface area contributed by atoms with E-state index in [1.54, 1.807) is 67.2 Å². The van der Waals surface area contributed by atoms with Gasteiger partial charge >= 0.3 is 5.97 Å². The average molecular weight is 1370 g/mol. The summed E-state index contributed by atoms with van der Waals surface area (Å²) in [7, 11) is -28.1. The van der Waals surface area contributed by atoms with Gasteiger partial charge in [0.1, 0.15) is 16.3 Å². The minimum Gasteiger partial charge on any atom is -0.481 e. The molecule has 2 atom stereocenters. The number of hydrogen-bond donors (Lipinski definition) is 7. The smallest absolute Gasteiger partial charge is 0.303 e. The number of nitrogens with zero attached hydrogens (tertiary/aromatic N) is 2. The number of hydrogen-bond acceptors (Lipinski definition) is 19. The lowest BCUT2D eigenvalue weighted by molar-refractivity contribution is -0.437. The second kappa shape index (κ2) is 30.3. The highest BCUT2D eigenvalue weighted by Gasteiger charge is 2.49. The number of benzene rings is 4. The van der Waals surface area contributed by atoms with Crippen LogP contribution in [0.2, 0.25) is 0 Å². The number of carboxylic acid groups (broad SMARTS) is 1. The molecule has 0 radical (unpaired) electrons. The fourth-order valence-corrected chi connectivity index (χ4v) is 14.8. The van der Waals surface area contributed by atoms with Crippen LogP contribution in [0.25, 0.3) is 21.5 Å². The number of anilines is 1. The van der Waals surface area contributed by atoms with E-state index in [1.807, 2.05) is 11.8 Å². The van der Waals surface area contributed by atoms with Gasteiger partial charge in [-0.3, -0.25) is 32.1 Å². The molecule has 492 valence electrons. The lowest BCUT2D eigenvalue weighted by atomic mass is 9.74. The van der Waals surface area contributed by atoms with E-state index in [1.165, 1.54) is 18.2 Å². The highest BCUT2D eigenvalue weighted by Crippen LogP contribution is 2.54. The Balaban J connectivity index is 1.43. The maximum absolute atomic E-state index is 12.9. The lowest BCUT2D eigenvalue weighted by Gasteiger charge is -2.31. The summed E-state index contributed by atoms with van der Waals surface area (Å²) in [6.07, 6.45) is 12.0. The molecule has 0 aliphatic carbocycles. The predicted octanol–water partition coefficient (Wildman–Crippen LogP) is 6.36. The number of fused-ring (bicyclic) bond motifs is 6. The van der Waals surface area contributed by atoms with E-state index in [9.17, 15) is 87.7 Å². The third-order valence-electron chi connectivity index (χ3n) is 15.0. The van der Waals surface area contributed by atoms with Gasteiger partial charge in [-0.1, -0.05) is 42.9 Å². The molecule has 0 amide bonds. The number of allylic oxidation sites excluding steroid dienone is 8. The minimum absolute atomic E-state index is 0.0514. The van der Waals surface area contributed by atoms with Gasteiger partial charge in [0.2, 0.25) is 5.69 Å². The largest absolute Gasteiger partial charge is 0.481 e. The van der Waals surface area contributed by atoms with Crippen LogP contribution in [0.4, 0.5) is 11.4 Å². The monoisotopic (exact) mass is 1370 g/mol. The van der Waals surface area contributed by atoms with Crippen LogP contribution in [0.5, 0.6) is 0 Å². The van der Waals surface area contributed by atoms with Crippen molar-refractivity contribution in [3.8, 4) is 0 Å². The van der Waals surface area contributed by atoms with Gasteiger partial charge in [0.05, 0.1) is 79.6 Å². The first-order valence-corrected chi connectivity index (χ1v) is 36.7. The second-order valence-electron chi connectivity index (χ2n) is 21.3. The number of carbonyl (C=O) groups is 1. The van der Waals surface area contributed by atoms with Crippen molar-refractivity contribution in [1.82, 2.24) is 0 Å². The molecule has 0 bridgehead atoms. The molecule has 2 aliphatic heterocycles. The van der Waals surface area contributed by atoms with E-state index in [2.05, 4.69) is 0 Å². The van der Waals surface area contributed by atoms with Crippen LogP contribution in [-0.4, -0.2) is 190 Å². The van der Waals surface area contributed by atoms with E-state index in [4.69, 9.17) is 23.7 Å². The minimum atomic E-state index is -5.19. The Morgan fingerprint density at radius 3 is 1.54 bits per heavy atom. The van der Waals surface area contributed by atoms with Gasteiger partial charge in [0.15, 0.2) is 5.71 Å². The van der Waals surface area contributed by atoms with Crippen molar-refractivity contribution < 1.29 is 116 Å². The molecular weight excluding hydrogens is 1290 g/mol. The Morgan fingerprint density at radius 1 is 0.528 bits per heavy atom. The van der Waals surface area contributed by atoms with Crippen molar-refractivity contribution in [2.75, 3.05) is 96.1 Å². The molecule has 4 aromatic carbocycles. The van der Waals surface area contributed by atoms with Crippen molar-refractivity contribution in [3.63, 3.8) is 0 Å². The first-order valence-electron chi connectivity index (χ1n) is 27.7.